The SMILES string of the molecule is CCOCc1cnc(C)nc1C1CCN(C(=O)Cc2ccncc2)CC1. The molecule has 26 heavy (non-hydrogen) atoms. The van der Waals surface area contributed by atoms with E-state index in [1.54, 1.807) is 12.4 Å². The molecule has 1 fully saturated rings. The van der Waals surface area contributed by atoms with Crippen LogP contribution in [0.2, 0.25) is 0 Å². The first kappa shape index (κ1) is 18.5. The van der Waals surface area contributed by atoms with Gasteiger partial charge in [0.1, 0.15) is 5.82 Å². The van der Waals surface area contributed by atoms with Crippen LogP contribution in [-0.2, 0) is 22.6 Å². The topological polar surface area (TPSA) is 68.2 Å². The number of aryl methyl sites for hydroxylation is 1. The maximum Gasteiger partial charge on any atom is 0.226 e. The molecule has 0 aromatic carbocycles. The number of carbonyl (C=O) groups excluding carboxylic acids is 1. The van der Waals surface area contributed by atoms with Gasteiger partial charge >= 0.3 is 0 Å². The largest absolute Gasteiger partial charge is 0.377 e. The van der Waals surface area contributed by atoms with Crippen molar-refractivity contribution in [2.24, 2.45) is 0 Å². The fourth-order valence-corrected chi connectivity index (χ4v) is 3.38. The zero-order valence-electron chi connectivity index (χ0n) is 15.5. The molecule has 1 aliphatic rings. The van der Waals surface area contributed by atoms with E-state index in [-0.39, 0.29) is 5.91 Å². The molecule has 3 rings (SSSR count). The van der Waals surface area contributed by atoms with Crippen LogP contribution < -0.4 is 0 Å². The van der Waals surface area contributed by atoms with E-state index < -0.39 is 0 Å². The molecule has 0 bridgehead atoms. The van der Waals surface area contributed by atoms with Gasteiger partial charge in [-0.1, -0.05) is 0 Å². The average Bonchev–Trinajstić information content (AvgIpc) is 2.68. The summed E-state index contributed by atoms with van der Waals surface area (Å²) in [5, 5.41) is 0. The first-order valence-corrected chi connectivity index (χ1v) is 9.24. The van der Waals surface area contributed by atoms with Gasteiger partial charge in [0, 0.05) is 49.8 Å². The molecule has 1 aliphatic heterocycles. The van der Waals surface area contributed by atoms with Gasteiger partial charge in [0.05, 0.1) is 18.7 Å². The fourth-order valence-electron chi connectivity index (χ4n) is 3.38. The fraction of sp³-hybridized carbons (Fsp3) is 0.500. The Morgan fingerprint density at radius 3 is 2.69 bits per heavy atom. The third-order valence-corrected chi connectivity index (χ3v) is 4.82. The van der Waals surface area contributed by atoms with Crippen LogP contribution in [0.25, 0.3) is 0 Å². The highest BCUT2D eigenvalue weighted by molar-refractivity contribution is 5.78. The highest BCUT2D eigenvalue weighted by Crippen LogP contribution is 2.29. The molecule has 6 nitrogen and oxygen atoms in total. The molecule has 0 radical (unpaired) electrons. The molecular formula is C20H26N4O2. The zero-order valence-corrected chi connectivity index (χ0v) is 15.5. The van der Waals surface area contributed by atoms with E-state index in [9.17, 15) is 4.79 Å². The minimum absolute atomic E-state index is 0.183. The van der Waals surface area contributed by atoms with Crippen molar-refractivity contribution in [3.05, 3.63) is 53.4 Å². The number of nitrogens with zero attached hydrogens (tertiary/aromatic N) is 4. The number of hydrogen-bond acceptors (Lipinski definition) is 5. The van der Waals surface area contributed by atoms with Crippen molar-refractivity contribution in [3.8, 4) is 0 Å². The molecule has 1 amide bonds. The lowest BCUT2D eigenvalue weighted by Crippen LogP contribution is -2.39. The van der Waals surface area contributed by atoms with E-state index >= 15 is 0 Å². The summed E-state index contributed by atoms with van der Waals surface area (Å²) >= 11 is 0. The van der Waals surface area contributed by atoms with E-state index in [4.69, 9.17) is 4.74 Å². The van der Waals surface area contributed by atoms with Crippen molar-refractivity contribution in [1.82, 2.24) is 19.9 Å². The normalized spacial score (nSPS) is 15.2. The second-order valence-electron chi connectivity index (χ2n) is 6.65. The van der Waals surface area contributed by atoms with Gasteiger partial charge < -0.3 is 9.64 Å². The minimum atomic E-state index is 0.183. The molecule has 0 atom stereocenters. The number of carbonyl (C=O) groups is 1. The van der Waals surface area contributed by atoms with Crippen molar-refractivity contribution >= 4 is 5.91 Å². The summed E-state index contributed by atoms with van der Waals surface area (Å²) in [5.74, 6) is 1.33. The van der Waals surface area contributed by atoms with Crippen LogP contribution in [-0.4, -0.2) is 45.5 Å². The maximum atomic E-state index is 12.5. The van der Waals surface area contributed by atoms with Gasteiger partial charge in [-0.2, -0.15) is 0 Å². The smallest absolute Gasteiger partial charge is 0.226 e. The number of hydrogen-bond donors (Lipinski definition) is 0. The van der Waals surface area contributed by atoms with Crippen LogP contribution in [0.3, 0.4) is 0 Å². The molecule has 0 N–H and O–H groups in total. The number of amides is 1. The number of pyridine rings is 1. The molecule has 2 aromatic heterocycles. The van der Waals surface area contributed by atoms with Crippen LogP contribution in [0, 0.1) is 6.92 Å². The molecule has 6 heteroatoms. The number of aromatic nitrogens is 3. The summed E-state index contributed by atoms with van der Waals surface area (Å²) in [7, 11) is 0. The Balaban J connectivity index is 1.61. The minimum Gasteiger partial charge on any atom is -0.377 e. The summed E-state index contributed by atoms with van der Waals surface area (Å²) in [6, 6.07) is 3.79. The van der Waals surface area contributed by atoms with Crippen LogP contribution in [0.15, 0.2) is 30.7 Å². The summed E-state index contributed by atoms with van der Waals surface area (Å²) in [6.45, 7) is 6.67. The lowest BCUT2D eigenvalue weighted by atomic mass is 9.90. The Kier molecular flexibility index (Phi) is 6.28. The predicted octanol–water partition coefficient (Wildman–Crippen LogP) is 2.67. The van der Waals surface area contributed by atoms with E-state index in [0.29, 0.717) is 25.6 Å². The maximum absolute atomic E-state index is 12.5. The van der Waals surface area contributed by atoms with Crippen LogP contribution >= 0.6 is 0 Å². The Morgan fingerprint density at radius 1 is 1.27 bits per heavy atom. The second-order valence-corrected chi connectivity index (χ2v) is 6.65. The molecule has 3 heterocycles. The van der Waals surface area contributed by atoms with Gasteiger partial charge in [-0.15, -0.1) is 0 Å². The first-order valence-electron chi connectivity index (χ1n) is 9.24. The van der Waals surface area contributed by atoms with Gasteiger partial charge in [-0.3, -0.25) is 9.78 Å². The molecule has 2 aromatic rings. The van der Waals surface area contributed by atoms with E-state index in [1.807, 2.05) is 37.1 Å². The first-order chi connectivity index (χ1) is 12.7. The summed E-state index contributed by atoms with van der Waals surface area (Å²) < 4.78 is 5.57. The quantitative estimate of drug-likeness (QED) is 0.798. The van der Waals surface area contributed by atoms with E-state index in [0.717, 1.165) is 48.6 Å². The van der Waals surface area contributed by atoms with Gasteiger partial charge in [0.2, 0.25) is 5.91 Å². The monoisotopic (exact) mass is 354 g/mol. The van der Waals surface area contributed by atoms with Crippen LogP contribution in [0.5, 0.6) is 0 Å². The van der Waals surface area contributed by atoms with Crippen molar-refractivity contribution in [2.45, 2.75) is 45.6 Å². The molecule has 0 saturated carbocycles. The predicted molar refractivity (Wildman–Crippen MR) is 98.6 cm³/mol. The standard InChI is InChI=1S/C20H26N4O2/c1-3-26-14-18-13-22-15(2)23-20(18)17-6-10-24(11-7-17)19(25)12-16-4-8-21-9-5-16/h4-5,8-9,13,17H,3,6-7,10-12,14H2,1-2H3. The van der Waals surface area contributed by atoms with Crippen LogP contribution in [0.1, 0.15) is 48.3 Å². The molecule has 0 unspecified atom stereocenters. The van der Waals surface area contributed by atoms with Gasteiger partial charge in [-0.25, -0.2) is 9.97 Å². The van der Waals surface area contributed by atoms with Crippen molar-refractivity contribution in [2.75, 3.05) is 19.7 Å². The lowest BCUT2D eigenvalue weighted by molar-refractivity contribution is -0.131. The third kappa shape index (κ3) is 4.64. The number of likely N-dealkylation sites (tertiary alicyclic amines) is 1. The number of ether oxygens (including phenoxy) is 1. The molecule has 138 valence electrons. The lowest BCUT2D eigenvalue weighted by Gasteiger charge is -2.32. The molecule has 0 spiro atoms. The Labute approximate surface area is 154 Å². The van der Waals surface area contributed by atoms with Gasteiger partial charge in [-0.05, 0) is 44.4 Å². The summed E-state index contributed by atoms with van der Waals surface area (Å²) in [5.41, 5.74) is 3.17. The molecular weight excluding hydrogens is 328 g/mol. The van der Waals surface area contributed by atoms with E-state index in [2.05, 4.69) is 15.0 Å². The summed E-state index contributed by atoms with van der Waals surface area (Å²) in [6.07, 6.45) is 7.64. The van der Waals surface area contributed by atoms with Gasteiger partial charge in [0.15, 0.2) is 0 Å². The average molecular weight is 354 g/mol. The Morgan fingerprint density at radius 2 is 2.00 bits per heavy atom. The van der Waals surface area contributed by atoms with Crippen molar-refractivity contribution in [1.29, 1.82) is 0 Å². The van der Waals surface area contributed by atoms with Crippen molar-refractivity contribution in [3.63, 3.8) is 0 Å². The zero-order chi connectivity index (χ0) is 18.4. The highest BCUT2D eigenvalue weighted by atomic mass is 16.5. The number of rotatable bonds is 6. The van der Waals surface area contributed by atoms with Gasteiger partial charge in [0.25, 0.3) is 0 Å². The molecule has 0 aliphatic carbocycles. The van der Waals surface area contributed by atoms with Crippen LogP contribution in [0.4, 0.5) is 0 Å². The Bertz CT molecular complexity index is 728. The number of piperidine rings is 1. The molecule has 1 saturated heterocycles. The third-order valence-electron chi connectivity index (χ3n) is 4.82. The highest BCUT2D eigenvalue weighted by Gasteiger charge is 2.26. The summed E-state index contributed by atoms with van der Waals surface area (Å²) in [4.78, 5) is 27.5. The van der Waals surface area contributed by atoms with Crippen molar-refractivity contribution < 1.29 is 9.53 Å². The second kappa shape index (κ2) is 8.85. The Hall–Kier alpha value is -2.34. The van der Waals surface area contributed by atoms with E-state index in [1.165, 1.54) is 0 Å².